The Bertz CT molecular complexity index is 841. The van der Waals surface area contributed by atoms with Gasteiger partial charge in [0.25, 0.3) is 0 Å². The number of ether oxygens (including phenoxy) is 1. The van der Waals surface area contributed by atoms with Crippen LogP contribution < -0.4 is 0 Å². The number of hydrogen-bond donors (Lipinski definition) is 1. The van der Waals surface area contributed by atoms with Crippen LogP contribution in [0.2, 0.25) is 0 Å². The highest BCUT2D eigenvalue weighted by Crippen LogP contribution is 2.33. The number of halogens is 3. The molecule has 0 rings (SSSR count). The van der Waals surface area contributed by atoms with E-state index in [4.69, 9.17) is 9.84 Å². The zero-order chi connectivity index (χ0) is 25.6. The van der Waals surface area contributed by atoms with Crippen molar-refractivity contribution < 1.29 is 23.0 Å². The third kappa shape index (κ3) is 10.7. The van der Waals surface area contributed by atoms with Crippen LogP contribution in [0.4, 0.5) is 13.2 Å². The van der Waals surface area contributed by atoms with Gasteiger partial charge in [-0.1, -0.05) is 59.4 Å². The molecule has 176 valence electrons. The molecule has 0 aliphatic carbocycles. The van der Waals surface area contributed by atoms with Crippen LogP contribution in [0, 0.1) is 11.8 Å². The lowest BCUT2D eigenvalue weighted by Gasteiger charge is -2.18. The second-order valence-corrected chi connectivity index (χ2v) is 7.05. The van der Waals surface area contributed by atoms with Crippen LogP contribution in [-0.4, -0.2) is 12.2 Å². The van der Waals surface area contributed by atoms with E-state index in [1.165, 1.54) is 19.3 Å². The van der Waals surface area contributed by atoms with Gasteiger partial charge < -0.3 is 9.84 Å². The molecule has 0 aliphatic heterocycles. The molecule has 5 heteroatoms. The number of aliphatic hydroxyl groups excluding tert-OH is 1. The Labute approximate surface area is 191 Å². The Morgan fingerprint density at radius 3 is 1.75 bits per heavy atom. The Morgan fingerprint density at radius 2 is 1.31 bits per heavy atom. The smallest absolute Gasteiger partial charge is 0.166 e. The van der Waals surface area contributed by atoms with Gasteiger partial charge >= 0.3 is 0 Å². The lowest BCUT2D eigenvalue weighted by atomic mass is 9.88. The first-order valence-electron chi connectivity index (χ1n) is 9.81. The summed E-state index contributed by atoms with van der Waals surface area (Å²) in [7, 11) is 1.39. The summed E-state index contributed by atoms with van der Waals surface area (Å²) >= 11 is 0. The van der Waals surface area contributed by atoms with Crippen molar-refractivity contribution in [1.29, 1.82) is 0 Å². The maximum Gasteiger partial charge on any atom is 0.166 e. The van der Waals surface area contributed by atoms with Crippen molar-refractivity contribution in [3.05, 3.63) is 122 Å². The van der Waals surface area contributed by atoms with E-state index in [-0.39, 0.29) is 39.7 Å². The summed E-state index contributed by atoms with van der Waals surface area (Å²) in [5.41, 5.74) is 0.0718. The second-order valence-electron chi connectivity index (χ2n) is 7.05. The lowest BCUT2D eigenvalue weighted by Crippen LogP contribution is -2.06. The van der Waals surface area contributed by atoms with Crippen LogP contribution in [0.15, 0.2) is 122 Å². The predicted octanol–water partition coefficient (Wildman–Crippen LogP) is 8.86. The van der Waals surface area contributed by atoms with E-state index in [9.17, 15) is 13.2 Å². The third-order valence-corrected chi connectivity index (χ3v) is 4.68. The molecule has 0 saturated carbocycles. The van der Waals surface area contributed by atoms with Gasteiger partial charge in [-0.15, -0.1) is 13.2 Å². The minimum Gasteiger partial charge on any atom is -0.509 e. The van der Waals surface area contributed by atoms with E-state index in [0.29, 0.717) is 12.8 Å². The fourth-order valence-electron chi connectivity index (χ4n) is 2.30. The van der Waals surface area contributed by atoms with Gasteiger partial charge in [0.2, 0.25) is 0 Å². The molecule has 2 atom stereocenters. The fraction of sp³-hybridized carbons (Fsp3) is 0.259. The highest BCUT2D eigenvalue weighted by Gasteiger charge is 2.20. The Kier molecular flexibility index (Phi) is 15.1. The van der Waals surface area contributed by atoms with Gasteiger partial charge in [-0.05, 0) is 47.5 Å². The van der Waals surface area contributed by atoms with Gasteiger partial charge in [-0.25, -0.2) is 13.2 Å². The molecular formula is C27H35F3O2. The maximum atomic E-state index is 14.5. The molecule has 2 unspecified atom stereocenters. The van der Waals surface area contributed by atoms with Crippen LogP contribution >= 0.6 is 0 Å². The molecule has 0 aromatic heterocycles. The van der Waals surface area contributed by atoms with Gasteiger partial charge in [0.05, 0.1) is 7.11 Å². The number of aliphatic hydroxyl groups is 1. The van der Waals surface area contributed by atoms with Crippen molar-refractivity contribution in [2.75, 3.05) is 7.11 Å². The van der Waals surface area contributed by atoms with Gasteiger partial charge in [0.15, 0.2) is 11.7 Å². The van der Waals surface area contributed by atoms with Crippen molar-refractivity contribution in [3.63, 3.8) is 0 Å². The third-order valence-electron chi connectivity index (χ3n) is 4.68. The summed E-state index contributed by atoms with van der Waals surface area (Å²) < 4.78 is 47.9. The number of hydrogen-bond acceptors (Lipinski definition) is 2. The summed E-state index contributed by atoms with van der Waals surface area (Å²) in [6, 6.07) is 0. The van der Waals surface area contributed by atoms with Crippen molar-refractivity contribution in [3.8, 4) is 0 Å². The summed E-state index contributed by atoms with van der Waals surface area (Å²) in [6.07, 6.45) is 4.55. The molecule has 0 amide bonds. The summed E-state index contributed by atoms with van der Waals surface area (Å²) in [4.78, 5) is 0. The van der Waals surface area contributed by atoms with Gasteiger partial charge in [0, 0.05) is 11.6 Å². The van der Waals surface area contributed by atoms with E-state index in [1.807, 2.05) is 0 Å². The van der Waals surface area contributed by atoms with E-state index >= 15 is 0 Å². The average Bonchev–Trinajstić information content (AvgIpc) is 2.78. The molecule has 0 aromatic rings. The Morgan fingerprint density at radius 1 is 0.844 bits per heavy atom. The van der Waals surface area contributed by atoms with E-state index in [1.54, 1.807) is 13.8 Å². The highest BCUT2D eigenvalue weighted by molar-refractivity contribution is 5.50. The SMILES string of the molecule is C=C.C=C(O)/C=C\C(=C)C(=C)/C(F)=C(/F)C(=C)C(C)CCC(C)C(=C)/C(F)=C\C(=C)OC. The van der Waals surface area contributed by atoms with Crippen molar-refractivity contribution in [2.45, 2.75) is 26.7 Å². The van der Waals surface area contributed by atoms with Crippen molar-refractivity contribution >= 4 is 0 Å². The van der Waals surface area contributed by atoms with E-state index in [0.717, 1.165) is 6.08 Å². The first-order valence-corrected chi connectivity index (χ1v) is 9.81. The molecule has 2 nitrogen and oxygen atoms in total. The molecule has 32 heavy (non-hydrogen) atoms. The van der Waals surface area contributed by atoms with Crippen molar-refractivity contribution in [2.24, 2.45) is 11.8 Å². The molecule has 0 fully saturated rings. The number of allylic oxidation sites excluding steroid dienone is 10. The van der Waals surface area contributed by atoms with Crippen molar-refractivity contribution in [1.82, 2.24) is 0 Å². The molecule has 0 radical (unpaired) electrons. The minimum atomic E-state index is -1.17. The Balaban J connectivity index is 0. The van der Waals surface area contributed by atoms with Gasteiger partial charge in [-0.3, -0.25) is 0 Å². The molecule has 1 N–H and O–H groups in total. The number of rotatable bonds is 13. The maximum absolute atomic E-state index is 14.5. The average molecular weight is 449 g/mol. The topological polar surface area (TPSA) is 29.5 Å². The summed E-state index contributed by atoms with van der Waals surface area (Å²) in [6.45, 7) is 30.7. The summed E-state index contributed by atoms with van der Waals surface area (Å²) in [5, 5.41) is 9.03. The van der Waals surface area contributed by atoms with Crippen LogP contribution in [0.25, 0.3) is 0 Å². The fourth-order valence-corrected chi connectivity index (χ4v) is 2.30. The molecule has 0 aromatic carbocycles. The molecule has 0 aliphatic rings. The molecule has 0 heterocycles. The standard InChI is InChI=1S/C25H31F3O2.C2H4/c1-15(20(6)23(26)14-19(5)30-9)10-11-16(2)21(7)24(27)25(28)22(8)17(3)12-13-18(4)29;1-2/h12-16,29H,3-8,10-11H2,1-2,9H3;1-2H2/b13-12-,23-14+,25-24-;. The van der Waals surface area contributed by atoms with Crippen LogP contribution in [-0.2, 0) is 4.74 Å². The predicted molar refractivity (Wildman–Crippen MR) is 131 cm³/mol. The molecule has 0 bridgehead atoms. The molecule has 0 spiro atoms. The van der Waals surface area contributed by atoms with E-state index in [2.05, 4.69) is 52.6 Å². The minimum absolute atomic E-state index is 0.0291. The van der Waals surface area contributed by atoms with Crippen LogP contribution in [0.1, 0.15) is 26.7 Å². The number of methoxy groups -OCH3 is 1. The Hall–Kier alpha value is -3.21. The lowest BCUT2D eigenvalue weighted by molar-refractivity contribution is 0.307. The van der Waals surface area contributed by atoms with Crippen LogP contribution in [0.3, 0.4) is 0 Å². The normalized spacial score (nSPS) is 13.8. The van der Waals surface area contributed by atoms with E-state index < -0.39 is 23.4 Å². The summed E-state index contributed by atoms with van der Waals surface area (Å²) in [5.74, 6) is -3.53. The zero-order valence-corrected chi connectivity index (χ0v) is 19.4. The van der Waals surface area contributed by atoms with Gasteiger partial charge in [0.1, 0.15) is 17.3 Å². The monoisotopic (exact) mass is 448 g/mol. The largest absolute Gasteiger partial charge is 0.509 e. The molecular weight excluding hydrogens is 413 g/mol. The first kappa shape index (κ1) is 31.0. The first-order chi connectivity index (χ1) is 14.8. The van der Waals surface area contributed by atoms with Gasteiger partial charge in [-0.2, -0.15) is 0 Å². The molecule has 0 saturated heterocycles. The highest BCUT2D eigenvalue weighted by atomic mass is 19.2. The quantitative estimate of drug-likeness (QED) is 0.173. The second kappa shape index (κ2) is 15.6. The zero-order valence-electron chi connectivity index (χ0n) is 19.4. The van der Waals surface area contributed by atoms with Crippen LogP contribution in [0.5, 0.6) is 0 Å².